The zero-order valence-electron chi connectivity index (χ0n) is 9.87. The number of hydrogen-bond acceptors (Lipinski definition) is 2. The molecule has 3 nitrogen and oxygen atoms in total. The van der Waals surface area contributed by atoms with E-state index >= 15 is 0 Å². The number of halogens is 4. The fraction of sp³-hybridized carbons (Fsp3) is 0. The van der Waals surface area contributed by atoms with Crippen molar-refractivity contribution in [1.82, 2.24) is 9.55 Å². The summed E-state index contributed by atoms with van der Waals surface area (Å²) in [5.41, 5.74) is 5.18. The van der Waals surface area contributed by atoms with Crippen molar-refractivity contribution in [2.75, 3.05) is 5.73 Å². The SMILES string of the molecule is Nc1nc2ccc(F)c(F)c2n1-c1ccc(F)cc1F. The van der Waals surface area contributed by atoms with Gasteiger partial charge in [-0.15, -0.1) is 0 Å². The maximum absolute atomic E-state index is 13.9. The first-order valence-corrected chi connectivity index (χ1v) is 5.56. The van der Waals surface area contributed by atoms with E-state index in [-0.39, 0.29) is 22.7 Å². The van der Waals surface area contributed by atoms with Gasteiger partial charge in [0.1, 0.15) is 17.2 Å². The summed E-state index contributed by atoms with van der Waals surface area (Å²) >= 11 is 0. The number of aromatic nitrogens is 2. The van der Waals surface area contributed by atoms with Gasteiger partial charge in [0, 0.05) is 6.07 Å². The van der Waals surface area contributed by atoms with Crippen LogP contribution in [0.3, 0.4) is 0 Å². The van der Waals surface area contributed by atoms with E-state index in [1.165, 1.54) is 6.07 Å². The van der Waals surface area contributed by atoms with Gasteiger partial charge in [0.2, 0.25) is 5.95 Å². The summed E-state index contributed by atoms with van der Waals surface area (Å²) < 4.78 is 54.8. The van der Waals surface area contributed by atoms with Gasteiger partial charge < -0.3 is 5.73 Å². The second kappa shape index (κ2) is 4.22. The van der Waals surface area contributed by atoms with Crippen molar-refractivity contribution >= 4 is 17.0 Å². The van der Waals surface area contributed by atoms with Gasteiger partial charge in [-0.05, 0) is 24.3 Å². The molecule has 0 aliphatic carbocycles. The lowest BCUT2D eigenvalue weighted by Crippen LogP contribution is -2.04. The minimum Gasteiger partial charge on any atom is -0.369 e. The molecule has 0 amide bonds. The lowest BCUT2D eigenvalue weighted by atomic mass is 10.2. The summed E-state index contributed by atoms with van der Waals surface area (Å²) in [5, 5.41) is 0. The number of nitrogens with zero attached hydrogens (tertiary/aromatic N) is 2. The molecule has 0 aliphatic rings. The molecule has 0 fully saturated rings. The molecule has 0 spiro atoms. The molecule has 1 heterocycles. The Hall–Kier alpha value is -2.57. The Labute approximate surface area is 110 Å². The number of rotatable bonds is 1. The standard InChI is InChI=1S/C13H7F4N3/c14-6-1-4-10(8(16)5-6)20-12-9(19-13(20)18)3-2-7(15)11(12)17/h1-5H,(H2,18,19). The maximum atomic E-state index is 13.9. The van der Waals surface area contributed by atoms with Gasteiger partial charge in [-0.2, -0.15) is 0 Å². The molecule has 102 valence electrons. The summed E-state index contributed by atoms with van der Waals surface area (Å²) in [6.45, 7) is 0. The second-order valence-electron chi connectivity index (χ2n) is 4.13. The first-order chi connectivity index (χ1) is 9.49. The number of imidazole rings is 1. The van der Waals surface area contributed by atoms with Crippen LogP contribution in [0.1, 0.15) is 0 Å². The monoisotopic (exact) mass is 281 g/mol. The summed E-state index contributed by atoms with van der Waals surface area (Å²) in [6, 6.07) is 4.81. The van der Waals surface area contributed by atoms with Crippen LogP contribution in [0.2, 0.25) is 0 Å². The first kappa shape index (κ1) is 12.5. The molecule has 0 saturated carbocycles. The summed E-state index contributed by atoms with van der Waals surface area (Å²) in [5.74, 6) is -4.29. The highest BCUT2D eigenvalue weighted by molar-refractivity contribution is 5.81. The van der Waals surface area contributed by atoms with Crippen LogP contribution < -0.4 is 5.73 Å². The van der Waals surface area contributed by atoms with E-state index in [2.05, 4.69) is 4.98 Å². The van der Waals surface area contributed by atoms with Crippen LogP contribution in [-0.2, 0) is 0 Å². The average Bonchev–Trinajstić information content (AvgIpc) is 2.72. The molecule has 0 atom stereocenters. The van der Waals surface area contributed by atoms with Crippen LogP contribution in [0, 0.1) is 23.3 Å². The van der Waals surface area contributed by atoms with E-state index in [9.17, 15) is 17.6 Å². The molecule has 0 unspecified atom stereocenters. The van der Waals surface area contributed by atoms with E-state index in [1.807, 2.05) is 0 Å². The van der Waals surface area contributed by atoms with Crippen molar-refractivity contribution in [3.63, 3.8) is 0 Å². The maximum Gasteiger partial charge on any atom is 0.206 e. The number of fused-ring (bicyclic) bond motifs is 1. The predicted molar refractivity (Wildman–Crippen MR) is 65.3 cm³/mol. The second-order valence-corrected chi connectivity index (χ2v) is 4.13. The summed E-state index contributed by atoms with van der Waals surface area (Å²) in [6.07, 6.45) is 0. The van der Waals surface area contributed by atoms with Gasteiger partial charge in [0.05, 0.1) is 11.2 Å². The normalized spacial score (nSPS) is 11.2. The van der Waals surface area contributed by atoms with Gasteiger partial charge in [-0.25, -0.2) is 22.5 Å². The molecule has 0 saturated heterocycles. The van der Waals surface area contributed by atoms with E-state index in [0.29, 0.717) is 6.07 Å². The van der Waals surface area contributed by atoms with Crippen LogP contribution in [-0.4, -0.2) is 9.55 Å². The van der Waals surface area contributed by atoms with Crippen LogP contribution in [0.5, 0.6) is 0 Å². The van der Waals surface area contributed by atoms with Crippen LogP contribution in [0.25, 0.3) is 16.7 Å². The van der Waals surface area contributed by atoms with Crippen molar-refractivity contribution in [3.8, 4) is 5.69 Å². The Kier molecular flexibility index (Phi) is 2.63. The summed E-state index contributed by atoms with van der Waals surface area (Å²) in [7, 11) is 0. The summed E-state index contributed by atoms with van der Waals surface area (Å²) in [4.78, 5) is 3.83. The number of hydrogen-bond donors (Lipinski definition) is 1. The molecule has 0 aliphatic heterocycles. The molecule has 0 radical (unpaired) electrons. The quantitative estimate of drug-likeness (QED) is 0.696. The minimum absolute atomic E-state index is 0.0742. The Morgan fingerprint density at radius 1 is 0.950 bits per heavy atom. The van der Waals surface area contributed by atoms with Crippen molar-refractivity contribution in [3.05, 3.63) is 53.6 Å². The zero-order valence-corrected chi connectivity index (χ0v) is 9.87. The third kappa shape index (κ3) is 1.70. The van der Waals surface area contributed by atoms with Crippen molar-refractivity contribution in [1.29, 1.82) is 0 Å². The van der Waals surface area contributed by atoms with Crippen molar-refractivity contribution < 1.29 is 17.6 Å². The highest BCUT2D eigenvalue weighted by Gasteiger charge is 2.19. The molecule has 1 aromatic heterocycles. The third-order valence-electron chi connectivity index (χ3n) is 2.89. The van der Waals surface area contributed by atoms with Crippen LogP contribution in [0.15, 0.2) is 30.3 Å². The highest BCUT2D eigenvalue weighted by Crippen LogP contribution is 2.28. The van der Waals surface area contributed by atoms with E-state index < -0.39 is 23.3 Å². The topological polar surface area (TPSA) is 43.8 Å². The Morgan fingerprint density at radius 2 is 1.70 bits per heavy atom. The lowest BCUT2D eigenvalue weighted by molar-refractivity contribution is 0.514. The molecule has 3 rings (SSSR count). The van der Waals surface area contributed by atoms with E-state index in [0.717, 1.165) is 22.8 Å². The van der Waals surface area contributed by atoms with Gasteiger partial charge >= 0.3 is 0 Å². The average molecular weight is 281 g/mol. The molecular formula is C13H7F4N3. The fourth-order valence-corrected chi connectivity index (χ4v) is 2.03. The number of benzene rings is 2. The van der Waals surface area contributed by atoms with Gasteiger partial charge in [0.15, 0.2) is 11.6 Å². The highest BCUT2D eigenvalue weighted by atomic mass is 19.2. The first-order valence-electron chi connectivity index (χ1n) is 5.56. The molecule has 2 N–H and O–H groups in total. The smallest absolute Gasteiger partial charge is 0.206 e. The number of nitrogen functional groups attached to an aromatic ring is 1. The lowest BCUT2D eigenvalue weighted by Gasteiger charge is -2.08. The fourth-order valence-electron chi connectivity index (χ4n) is 2.03. The molecule has 2 aromatic carbocycles. The molecule has 3 aromatic rings. The minimum atomic E-state index is -1.20. The molecule has 20 heavy (non-hydrogen) atoms. The zero-order chi connectivity index (χ0) is 14.4. The van der Waals surface area contributed by atoms with Crippen LogP contribution >= 0.6 is 0 Å². The van der Waals surface area contributed by atoms with Crippen LogP contribution in [0.4, 0.5) is 23.5 Å². The van der Waals surface area contributed by atoms with E-state index in [1.54, 1.807) is 0 Å². The predicted octanol–water partition coefficient (Wildman–Crippen LogP) is 3.16. The molecule has 0 bridgehead atoms. The largest absolute Gasteiger partial charge is 0.369 e. The third-order valence-corrected chi connectivity index (χ3v) is 2.89. The Morgan fingerprint density at radius 3 is 2.40 bits per heavy atom. The van der Waals surface area contributed by atoms with E-state index in [4.69, 9.17) is 5.73 Å². The van der Waals surface area contributed by atoms with Crippen molar-refractivity contribution in [2.24, 2.45) is 0 Å². The Bertz CT molecular complexity index is 826. The molecule has 7 heteroatoms. The number of nitrogens with two attached hydrogens (primary N) is 1. The number of anilines is 1. The van der Waals surface area contributed by atoms with Crippen molar-refractivity contribution in [2.45, 2.75) is 0 Å². The molecular weight excluding hydrogens is 274 g/mol. The van der Waals surface area contributed by atoms with Gasteiger partial charge in [0.25, 0.3) is 0 Å². The van der Waals surface area contributed by atoms with Gasteiger partial charge in [-0.1, -0.05) is 0 Å². The Balaban J connectivity index is 2.41. The van der Waals surface area contributed by atoms with Gasteiger partial charge in [-0.3, -0.25) is 4.57 Å².